The maximum atomic E-state index is 12.9. The molecule has 5 nitrogen and oxygen atoms in total. The highest BCUT2D eigenvalue weighted by molar-refractivity contribution is 5.53. The number of nitrogens with zero attached hydrogens (tertiary/aromatic N) is 1. The van der Waals surface area contributed by atoms with Crippen LogP contribution in [0.15, 0.2) is 30.2 Å². The molecular formula is C16H19F6N3O2. The Labute approximate surface area is 151 Å². The molecule has 1 unspecified atom stereocenters. The highest BCUT2D eigenvalue weighted by atomic mass is 19.4. The zero-order valence-electron chi connectivity index (χ0n) is 14.9. The van der Waals surface area contributed by atoms with Gasteiger partial charge in [0.05, 0.1) is 16.1 Å². The summed E-state index contributed by atoms with van der Waals surface area (Å²) in [6, 6.07) is 0.496. The first-order valence-electron chi connectivity index (χ1n) is 7.68. The van der Waals surface area contributed by atoms with Crippen LogP contribution >= 0.6 is 0 Å². The average molecular weight is 399 g/mol. The summed E-state index contributed by atoms with van der Waals surface area (Å²) in [6.45, 7) is 7.09. The smallest absolute Gasteiger partial charge is 0.363 e. The zero-order chi connectivity index (χ0) is 21.2. The van der Waals surface area contributed by atoms with Crippen molar-refractivity contribution < 1.29 is 31.3 Å². The fourth-order valence-electron chi connectivity index (χ4n) is 1.84. The minimum absolute atomic E-state index is 0.0206. The number of rotatable bonds is 5. The molecule has 11 heteroatoms. The molecule has 2 N–H and O–H groups in total. The Hall–Kier alpha value is -2.46. The first-order chi connectivity index (χ1) is 12.0. The first-order valence-corrected chi connectivity index (χ1v) is 7.68. The molecule has 0 saturated carbocycles. The fraction of sp³-hybridized carbons (Fsp3) is 0.500. The van der Waals surface area contributed by atoms with Crippen molar-refractivity contribution in [2.75, 3.05) is 5.32 Å². The van der Waals surface area contributed by atoms with Crippen LogP contribution in [-0.4, -0.2) is 11.0 Å². The van der Waals surface area contributed by atoms with E-state index in [0.29, 0.717) is 18.3 Å². The van der Waals surface area contributed by atoms with Gasteiger partial charge in [-0.25, -0.2) is 0 Å². The average Bonchev–Trinajstić information content (AvgIpc) is 2.43. The second-order valence-corrected chi connectivity index (χ2v) is 6.98. The molecule has 0 amide bonds. The number of alkyl halides is 6. The lowest BCUT2D eigenvalue weighted by Crippen LogP contribution is -2.39. The van der Waals surface area contributed by atoms with E-state index >= 15 is 0 Å². The van der Waals surface area contributed by atoms with Crippen molar-refractivity contribution in [3.8, 4) is 0 Å². The lowest BCUT2D eigenvalue weighted by atomic mass is 9.88. The summed E-state index contributed by atoms with van der Waals surface area (Å²) in [5.41, 5.74) is -4.02. The Morgan fingerprint density at radius 3 is 1.81 bits per heavy atom. The van der Waals surface area contributed by atoms with E-state index in [0.717, 1.165) is 0 Å². The van der Waals surface area contributed by atoms with E-state index in [9.17, 15) is 36.5 Å². The van der Waals surface area contributed by atoms with E-state index in [-0.39, 0.29) is 23.3 Å². The van der Waals surface area contributed by atoms with Gasteiger partial charge in [-0.05, 0) is 30.5 Å². The van der Waals surface area contributed by atoms with Crippen LogP contribution in [0.25, 0.3) is 0 Å². The van der Waals surface area contributed by atoms with Gasteiger partial charge in [0.15, 0.2) is 5.82 Å². The van der Waals surface area contributed by atoms with Gasteiger partial charge in [-0.15, -0.1) is 0 Å². The van der Waals surface area contributed by atoms with Crippen LogP contribution in [-0.2, 0) is 12.4 Å². The molecule has 1 rings (SSSR count). The predicted molar refractivity (Wildman–Crippen MR) is 87.2 cm³/mol. The number of halogens is 6. The van der Waals surface area contributed by atoms with Gasteiger partial charge in [0.25, 0.3) is 6.20 Å². The maximum Gasteiger partial charge on any atom is 0.416 e. The number of nitro groups is 1. The molecule has 0 radical (unpaired) electrons. The molecular weight excluding hydrogens is 380 g/mol. The lowest BCUT2D eigenvalue weighted by molar-refractivity contribution is -0.403. The van der Waals surface area contributed by atoms with Crippen LogP contribution in [0, 0.1) is 15.5 Å². The normalized spacial score (nSPS) is 14.7. The summed E-state index contributed by atoms with van der Waals surface area (Å²) in [5.74, 6) is -0.338. The summed E-state index contributed by atoms with van der Waals surface area (Å²) in [5, 5.41) is 15.7. The number of anilines is 1. The van der Waals surface area contributed by atoms with Gasteiger partial charge < -0.3 is 10.6 Å². The summed E-state index contributed by atoms with van der Waals surface area (Å²) in [7, 11) is 0. The second kappa shape index (κ2) is 7.65. The minimum Gasteiger partial charge on any atom is -0.363 e. The van der Waals surface area contributed by atoms with Gasteiger partial charge in [-0.3, -0.25) is 10.1 Å². The quantitative estimate of drug-likeness (QED) is 0.404. The van der Waals surface area contributed by atoms with Crippen LogP contribution in [0.3, 0.4) is 0 Å². The Bertz CT molecular complexity index is 688. The number of hydrogen-bond acceptors (Lipinski definition) is 4. The molecule has 1 aromatic rings. The van der Waals surface area contributed by atoms with E-state index in [2.05, 4.69) is 10.6 Å². The van der Waals surface area contributed by atoms with Crippen molar-refractivity contribution in [3.63, 3.8) is 0 Å². The maximum absolute atomic E-state index is 12.9. The molecule has 0 spiro atoms. The molecule has 0 bridgehead atoms. The molecule has 1 aromatic carbocycles. The van der Waals surface area contributed by atoms with Crippen molar-refractivity contribution in [2.24, 2.45) is 5.41 Å². The summed E-state index contributed by atoms with van der Waals surface area (Å²) >= 11 is 0. The van der Waals surface area contributed by atoms with Crippen LogP contribution in [0.2, 0.25) is 0 Å². The number of hydrogen-bond donors (Lipinski definition) is 2. The van der Waals surface area contributed by atoms with Gasteiger partial charge in [0.2, 0.25) is 0 Å². The summed E-state index contributed by atoms with van der Waals surface area (Å²) in [6.07, 6.45) is -9.59. The zero-order valence-corrected chi connectivity index (χ0v) is 14.9. The van der Waals surface area contributed by atoms with Crippen LogP contribution < -0.4 is 10.6 Å². The van der Waals surface area contributed by atoms with E-state index in [1.165, 1.54) is 0 Å². The topological polar surface area (TPSA) is 67.2 Å². The monoisotopic (exact) mass is 399 g/mol. The van der Waals surface area contributed by atoms with Gasteiger partial charge in [-0.1, -0.05) is 20.8 Å². The SMILES string of the molecule is CC(N/C(=C/[N+](=O)[O-])Nc1cc(C(F)(F)F)cc(C(F)(F)F)c1)C(C)(C)C. The molecule has 0 aliphatic rings. The van der Waals surface area contributed by atoms with Crippen molar-refractivity contribution in [1.29, 1.82) is 0 Å². The Morgan fingerprint density at radius 1 is 1.04 bits per heavy atom. The second-order valence-electron chi connectivity index (χ2n) is 6.98. The van der Waals surface area contributed by atoms with E-state index in [1.807, 2.05) is 0 Å². The van der Waals surface area contributed by atoms with Gasteiger partial charge in [0.1, 0.15) is 0 Å². The standard InChI is InChI=1S/C16H19F6N3O2/c1-9(14(2,3)4)23-13(8-25(26)27)24-12-6-10(15(17,18)19)5-11(7-12)16(20,21)22/h5-9,23-24H,1-4H3/b13-8-. The molecule has 0 aliphatic carbocycles. The lowest BCUT2D eigenvalue weighted by Gasteiger charge is -2.29. The molecule has 27 heavy (non-hydrogen) atoms. The summed E-state index contributed by atoms with van der Waals surface area (Å²) < 4.78 is 77.5. The van der Waals surface area contributed by atoms with Crippen molar-refractivity contribution in [1.82, 2.24) is 5.32 Å². The van der Waals surface area contributed by atoms with Gasteiger partial charge in [0, 0.05) is 11.7 Å². The third-order valence-corrected chi connectivity index (χ3v) is 3.77. The van der Waals surface area contributed by atoms with Gasteiger partial charge in [-0.2, -0.15) is 26.3 Å². The molecule has 0 heterocycles. The molecule has 152 valence electrons. The van der Waals surface area contributed by atoms with E-state index in [4.69, 9.17) is 0 Å². The Morgan fingerprint density at radius 2 is 1.48 bits per heavy atom. The van der Waals surface area contributed by atoms with Crippen LogP contribution in [0.5, 0.6) is 0 Å². The molecule has 0 aromatic heterocycles. The van der Waals surface area contributed by atoms with Crippen LogP contribution in [0.1, 0.15) is 38.8 Å². The Kier molecular flexibility index (Phi) is 6.40. The van der Waals surface area contributed by atoms with E-state index in [1.54, 1.807) is 27.7 Å². The third kappa shape index (κ3) is 6.99. The summed E-state index contributed by atoms with van der Waals surface area (Å²) in [4.78, 5) is 9.90. The first kappa shape index (κ1) is 22.6. The van der Waals surface area contributed by atoms with Gasteiger partial charge >= 0.3 is 12.4 Å². The fourth-order valence-corrected chi connectivity index (χ4v) is 1.84. The van der Waals surface area contributed by atoms with Crippen molar-refractivity contribution >= 4 is 5.69 Å². The third-order valence-electron chi connectivity index (χ3n) is 3.77. The van der Waals surface area contributed by atoms with Crippen molar-refractivity contribution in [3.05, 3.63) is 51.5 Å². The minimum atomic E-state index is -5.02. The molecule has 0 aliphatic heterocycles. The molecule has 0 fully saturated rings. The largest absolute Gasteiger partial charge is 0.416 e. The highest BCUT2D eigenvalue weighted by Gasteiger charge is 2.37. The predicted octanol–water partition coefficient (Wildman–Crippen LogP) is 5.24. The highest BCUT2D eigenvalue weighted by Crippen LogP contribution is 2.37. The Balaban J connectivity index is 3.34. The van der Waals surface area contributed by atoms with Crippen molar-refractivity contribution in [2.45, 2.75) is 46.1 Å². The van der Waals surface area contributed by atoms with E-state index < -0.39 is 34.1 Å². The molecule has 0 saturated heterocycles. The number of nitrogens with one attached hydrogen (secondary N) is 2. The van der Waals surface area contributed by atoms with Crippen LogP contribution in [0.4, 0.5) is 32.0 Å². The molecule has 1 atom stereocenters. The number of benzene rings is 1.